The molecule has 1 heterocycles. The highest BCUT2D eigenvalue weighted by Gasteiger charge is 2.02. The number of nitrogens with zero attached hydrogens (tertiary/aromatic N) is 1. The van der Waals surface area contributed by atoms with E-state index in [4.69, 9.17) is 4.74 Å². The number of H-pyrrole nitrogens is 1. The van der Waals surface area contributed by atoms with Crippen molar-refractivity contribution in [3.05, 3.63) is 51.9 Å². The molecule has 0 saturated carbocycles. The fourth-order valence-corrected chi connectivity index (χ4v) is 2.81. The lowest BCUT2D eigenvalue weighted by molar-refractivity contribution is 0.181. The van der Waals surface area contributed by atoms with Crippen LogP contribution in [0.1, 0.15) is 24.6 Å². The SMILES string of the molecule is CCCSCc1ccc(Nc2nc(COC)cc(=O)[nH]2)cc1. The number of nitrogens with one attached hydrogen (secondary N) is 2. The molecule has 0 aliphatic heterocycles. The summed E-state index contributed by atoms with van der Waals surface area (Å²) in [6.45, 7) is 2.50. The Kier molecular flexibility index (Phi) is 6.48. The Morgan fingerprint density at radius 1 is 1.32 bits per heavy atom. The summed E-state index contributed by atoms with van der Waals surface area (Å²) in [5.74, 6) is 2.62. The summed E-state index contributed by atoms with van der Waals surface area (Å²) >= 11 is 1.93. The van der Waals surface area contributed by atoms with E-state index in [0.717, 1.165) is 11.4 Å². The lowest BCUT2D eigenvalue weighted by Crippen LogP contribution is -2.12. The van der Waals surface area contributed by atoms with E-state index in [-0.39, 0.29) is 5.56 Å². The summed E-state index contributed by atoms with van der Waals surface area (Å²) in [5.41, 5.74) is 2.58. The summed E-state index contributed by atoms with van der Waals surface area (Å²) in [5, 5.41) is 3.11. The fraction of sp³-hybridized carbons (Fsp3) is 0.375. The number of hydrogen-bond donors (Lipinski definition) is 2. The monoisotopic (exact) mass is 319 g/mol. The highest BCUT2D eigenvalue weighted by molar-refractivity contribution is 7.98. The molecular formula is C16H21N3O2S. The predicted octanol–water partition coefficient (Wildman–Crippen LogP) is 3.30. The highest BCUT2D eigenvalue weighted by atomic mass is 32.2. The van der Waals surface area contributed by atoms with E-state index in [1.165, 1.54) is 23.8 Å². The van der Waals surface area contributed by atoms with Crippen molar-refractivity contribution in [2.75, 3.05) is 18.2 Å². The molecule has 0 bridgehead atoms. The minimum Gasteiger partial charge on any atom is -0.378 e. The molecule has 0 radical (unpaired) electrons. The molecule has 0 fully saturated rings. The fourth-order valence-electron chi connectivity index (χ4n) is 1.94. The van der Waals surface area contributed by atoms with Crippen molar-refractivity contribution in [3.63, 3.8) is 0 Å². The molecule has 2 N–H and O–H groups in total. The normalized spacial score (nSPS) is 10.6. The summed E-state index contributed by atoms with van der Waals surface area (Å²) < 4.78 is 5.01. The second-order valence-electron chi connectivity index (χ2n) is 4.89. The summed E-state index contributed by atoms with van der Waals surface area (Å²) in [6.07, 6.45) is 1.20. The Labute approximate surface area is 134 Å². The third-order valence-electron chi connectivity index (χ3n) is 2.92. The van der Waals surface area contributed by atoms with E-state index in [2.05, 4.69) is 34.3 Å². The van der Waals surface area contributed by atoms with Gasteiger partial charge in [0.05, 0.1) is 12.3 Å². The Morgan fingerprint density at radius 2 is 2.09 bits per heavy atom. The van der Waals surface area contributed by atoms with E-state index >= 15 is 0 Å². The van der Waals surface area contributed by atoms with Crippen LogP contribution >= 0.6 is 11.8 Å². The zero-order valence-electron chi connectivity index (χ0n) is 12.9. The number of hydrogen-bond acceptors (Lipinski definition) is 5. The van der Waals surface area contributed by atoms with E-state index in [9.17, 15) is 4.79 Å². The molecular weight excluding hydrogens is 298 g/mol. The molecule has 1 aromatic heterocycles. The molecule has 0 amide bonds. The molecule has 118 valence electrons. The maximum absolute atomic E-state index is 11.6. The van der Waals surface area contributed by atoms with Crippen LogP contribution in [0.2, 0.25) is 0 Å². The van der Waals surface area contributed by atoms with Crippen LogP contribution in [-0.4, -0.2) is 22.8 Å². The number of anilines is 2. The Hall–Kier alpha value is -1.79. The van der Waals surface area contributed by atoms with Gasteiger partial charge < -0.3 is 10.1 Å². The van der Waals surface area contributed by atoms with Crippen LogP contribution in [0.4, 0.5) is 11.6 Å². The maximum atomic E-state index is 11.6. The first-order valence-electron chi connectivity index (χ1n) is 7.24. The van der Waals surface area contributed by atoms with Gasteiger partial charge in [0.2, 0.25) is 5.95 Å². The zero-order chi connectivity index (χ0) is 15.8. The van der Waals surface area contributed by atoms with Gasteiger partial charge in [0.25, 0.3) is 5.56 Å². The molecule has 0 atom stereocenters. The van der Waals surface area contributed by atoms with Crippen LogP contribution in [0.5, 0.6) is 0 Å². The van der Waals surface area contributed by atoms with Gasteiger partial charge in [-0.3, -0.25) is 9.78 Å². The lowest BCUT2D eigenvalue weighted by atomic mass is 10.2. The summed E-state index contributed by atoms with van der Waals surface area (Å²) in [4.78, 5) is 18.6. The van der Waals surface area contributed by atoms with Gasteiger partial charge in [-0.05, 0) is 29.9 Å². The second-order valence-corrected chi connectivity index (χ2v) is 6.00. The Bertz CT molecular complexity index is 641. The molecule has 22 heavy (non-hydrogen) atoms. The van der Waals surface area contributed by atoms with Crippen LogP contribution in [0.25, 0.3) is 0 Å². The van der Waals surface area contributed by atoms with Crippen molar-refractivity contribution in [1.82, 2.24) is 9.97 Å². The van der Waals surface area contributed by atoms with E-state index in [1.807, 2.05) is 23.9 Å². The van der Waals surface area contributed by atoms with Gasteiger partial charge in [0.1, 0.15) is 0 Å². The first-order valence-corrected chi connectivity index (χ1v) is 8.39. The number of aromatic amines is 1. The molecule has 0 aliphatic rings. The van der Waals surface area contributed by atoms with Crippen LogP contribution in [-0.2, 0) is 17.1 Å². The summed E-state index contributed by atoms with van der Waals surface area (Å²) in [7, 11) is 1.57. The molecule has 0 aliphatic carbocycles. The van der Waals surface area contributed by atoms with Crippen LogP contribution in [0.15, 0.2) is 35.1 Å². The van der Waals surface area contributed by atoms with Crippen molar-refractivity contribution < 1.29 is 4.74 Å². The minimum absolute atomic E-state index is 0.197. The number of thioether (sulfide) groups is 1. The van der Waals surface area contributed by atoms with Crippen molar-refractivity contribution in [2.45, 2.75) is 25.7 Å². The predicted molar refractivity (Wildman–Crippen MR) is 91.7 cm³/mol. The van der Waals surface area contributed by atoms with Gasteiger partial charge in [-0.1, -0.05) is 19.1 Å². The van der Waals surface area contributed by atoms with Gasteiger partial charge in [0, 0.05) is 24.6 Å². The minimum atomic E-state index is -0.197. The largest absolute Gasteiger partial charge is 0.378 e. The van der Waals surface area contributed by atoms with Crippen LogP contribution in [0, 0.1) is 0 Å². The molecule has 6 heteroatoms. The number of aromatic nitrogens is 2. The first kappa shape index (κ1) is 16.6. The first-order chi connectivity index (χ1) is 10.7. The average molecular weight is 319 g/mol. The quantitative estimate of drug-likeness (QED) is 0.731. The standard InChI is InChI=1S/C16H21N3O2S/c1-3-8-22-11-12-4-6-13(7-5-12)17-16-18-14(10-21-2)9-15(20)19-16/h4-7,9H,3,8,10-11H2,1-2H3,(H2,17,18,19,20). The van der Waals surface area contributed by atoms with E-state index < -0.39 is 0 Å². The topological polar surface area (TPSA) is 67.0 Å². The van der Waals surface area contributed by atoms with Gasteiger partial charge >= 0.3 is 0 Å². The van der Waals surface area contributed by atoms with Gasteiger partial charge in [-0.2, -0.15) is 11.8 Å². The van der Waals surface area contributed by atoms with E-state index in [0.29, 0.717) is 18.2 Å². The number of benzene rings is 1. The van der Waals surface area contributed by atoms with Gasteiger partial charge in [-0.25, -0.2) is 4.98 Å². The molecule has 0 spiro atoms. The average Bonchev–Trinajstić information content (AvgIpc) is 2.49. The van der Waals surface area contributed by atoms with Crippen molar-refractivity contribution >= 4 is 23.4 Å². The molecule has 0 unspecified atom stereocenters. The Morgan fingerprint density at radius 3 is 2.77 bits per heavy atom. The van der Waals surface area contributed by atoms with Crippen molar-refractivity contribution in [2.24, 2.45) is 0 Å². The number of ether oxygens (including phenoxy) is 1. The maximum Gasteiger partial charge on any atom is 0.252 e. The van der Waals surface area contributed by atoms with Gasteiger partial charge in [0.15, 0.2) is 0 Å². The number of methoxy groups -OCH3 is 1. The van der Waals surface area contributed by atoms with Crippen molar-refractivity contribution in [1.29, 1.82) is 0 Å². The Balaban J connectivity index is 2.02. The van der Waals surface area contributed by atoms with Gasteiger partial charge in [-0.15, -0.1) is 0 Å². The third kappa shape index (κ3) is 5.20. The molecule has 0 saturated heterocycles. The lowest BCUT2D eigenvalue weighted by Gasteiger charge is -2.08. The van der Waals surface area contributed by atoms with Crippen molar-refractivity contribution in [3.8, 4) is 0 Å². The zero-order valence-corrected chi connectivity index (χ0v) is 13.7. The van der Waals surface area contributed by atoms with Crippen LogP contribution in [0.3, 0.4) is 0 Å². The third-order valence-corrected chi connectivity index (χ3v) is 4.16. The smallest absolute Gasteiger partial charge is 0.252 e. The molecule has 1 aromatic carbocycles. The summed E-state index contributed by atoms with van der Waals surface area (Å²) in [6, 6.07) is 9.59. The second kappa shape index (κ2) is 8.60. The molecule has 5 nitrogen and oxygen atoms in total. The number of rotatable bonds is 8. The van der Waals surface area contributed by atoms with Crippen LogP contribution < -0.4 is 10.9 Å². The molecule has 2 rings (SSSR count). The highest BCUT2D eigenvalue weighted by Crippen LogP contribution is 2.17. The van der Waals surface area contributed by atoms with E-state index in [1.54, 1.807) is 7.11 Å². The molecule has 2 aromatic rings.